The van der Waals surface area contributed by atoms with Crippen LogP contribution in [-0.4, -0.2) is 19.7 Å². The Hall–Kier alpha value is -1.51. The van der Waals surface area contributed by atoms with Gasteiger partial charge in [0.25, 0.3) is 0 Å². The quantitative estimate of drug-likeness (QED) is 0.704. The van der Waals surface area contributed by atoms with E-state index >= 15 is 0 Å². The van der Waals surface area contributed by atoms with Crippen molar-refractivity contribution in [2.24, 2.45) is 0 Å². The molecule has 0 saturated carbocycles. The van der Waals surface area contributed by atoms with Crippen LogP contribution in [0.1, 0.15) is 18.4 Å². The van der Waals surface area contributed by atoms with E-state index in [0.717, 1.165) is 38.3 Å². The maximum Gasteiger partial charge on any atom is 0.119 e. The van der Waals surface area contributed by atoms with Gasteiger partial charge in [0.15, 0.2) is 0 Å². The highest BCUT2D eigenvalue weighted by atomic mass is 35.5. The molecule has 0 aromatic heterocycles. The summed E-state index contributed by atoms with van der Waals surface area (Å²) in [7, 11) is 0. The lowest BCUT2D eigenvalue weighted by molar-refractivity contribution is 0.308. The van der Waals surface area contributed by atoms with Crippen LogP contribution in [0, 0.1) is 0 Å². The van der Waals surface area contributed by atoms with Crippen molar-refractivity contribution in [1.29, 1.82) is 0 Å². The Kier molecular flexibility index (Phi) is 9.34. The predicted molar refractivity (Wildman–Crippen MR) is 91.4 cm³/mol. The van der Waals surface area contributed by atoms with Crippen molar-refractivity contribution >= 4 is 12.4 Å². The molecule has 0 saturated heterocycles. The standard InChI is InChI=1S/C18H23NO.ClH/c1-3-9-17(10-4-1)11-7-14-19-15-8-16-20-18-12-5-2-6-13-18;/h1-6,9-10,12-13,19H,7-8,11,14-16H2;1H. The minimum Gasteiger partial charge on any atom is -0.494 e. The van der Waals surface area contributed by atoms with Gasteiger partial charge < -0.3 is 10.1 Å². The molecule has 2 rings (SSSR count). The van der Waals surface area contributed by atoms with Crippen molar-refractivity contribution in [1.82, 2.24) is 5.32 Å². The summed E-state index contributed by atoms with van der Waals surface area (Å²) in [5.41, 5.74) is 1.42. The molecule has 0 aliphatic rings. The van der Waals surface area contributed by atoms with Crippen LogP contribution in [0.15, 0.2) is 60.7 Å². The van der Waals surface area contributed by atoms with Crippen LogP contribution in [0.2, 0.25) is 0 Å². The summed E-state index contributed by atoms with van der Waals surface area (Å²) in [6, 6.07) is 20.6. The molecular weight excluding hydrogens is 282 g/mol. The lowest BCUT2D eigenvalue weighted by Gasteiger charge is -2.07. The molecule has 0 aliphatic carbocycles. The Balaban J connectivity index is 0.00000220. The summed E-state index contributed by atoms with van der Waals surface area (Å²) in [6.07, 6.45) is 3.37. The molecule has 0 heterocycles. The van der Waals surface area contributed by atoms with E-state index in [2.05, 4.69) is 35.6 Å². The second kappa shape index (κ2) is 11.2. The molecule has 0 spiro atoms. The predicted octanol–water partition coefficient (Wildman–Crippen LogP) is 4.10. The Morgan fingerprint density at radius 1 is 0.762 bits per heavy atom. The molecule has 1 N–H and O–H groups in total. The zero-order valence-electron chi connectivity index (χ0n) is 12.3. The Morgan fingerprint density at radius 2 is 1.38 bits per heavy atom. The van der Waals surface area contributed by atoms with Gasteiger partial charge in [0, 0.05) is 0 Å². The lowest BCUT2D eigenvalue weighted by atomic mass is 10.1. The largest absolute Gasteiger partial charge is 0.494 e. The number of benzene rings is 2. The summed E-state index contributed by atoms with van der Waals surface area (Å²) in [5.74, 6) is 0.955. The third kappa shape index (κ3) is 7.74. The molecule has 2 nitrogen and oxygen atoms in total. The van der Waals surface area contributed by atoms with E-state index in [4.69, 9.17) is 4.74 Å². The maximum absolute atomic E-state index is 5.64. The summed E-state index contributed by atoms with van der Waals surface area (Å²) < 4.78 is 5.64. The number of aryl methyl sites for hydroxylation is 1. The molecule has 0 fully saturated rings. The average Bonchev–Trinajstić information content (AvgIpc) is 2.52. The van der Waals surface area contributed by atoms with Crippen molar-refractivity contribution in [3.8, 4) is 5.75 Å². The molecular formula is C18H24ClNO. The van der Waals surface area contributed by atoms with Crippen molar-refractivity contribution in [3.63, 3.8) is 0 Å². The lowest BCUT2D eigenvalue weighted by Crippen LogP contribution is -2.19. The molecule has 2 aromatic rings. The smallest absolute Gasteiger partial charge is 0.119 e. The van der Waals surface area contributed by atoms with Crippen LogP contribution in [0.25, 0.3) is 0 Å². The minimum atomic E-state index is 0. The van der Waals surface area contributed by atoms with Gasteiger partial charge in [-0.05, 0) is 50.0 Å². The average molecular weight is 306 g/mol. The first kappa shape index (κ1) is 17.5. The first-order chi connectivity index (χ1) is 9.95. The molecule has 3 heteroatoms. The van der Waals surface area contributed by atoms with Gasteiger partial charge in [0.1, 0.15) is 5.75 Å². The zero-order valence-corrected chi connectivity index (χ0v) is 13.1. The van der Waals surface area contributed by atoms with Gasteiger partial charge >= 0.3 is 0 Å². The van der Waals surface area contributed by atoms with E-state index in [0.29, 0.717) is 0 Å². The van der Waals surface area contributed by atoms with Gasteiger partial charge in [-0.3, -0.25) is 0 Å². The van der Waals surface area contributed by atoms with Crippen LogP contribution in [0.3, 0.4) is 0 Å². The summed E-state index contributed by atoms with van der Waals surface area (Å²) >= 11 is 0. The summed E-state index contributed by atoms with van der Waals surface area (Å²) in [4.78, 5) is 0. The minimum absolute atomic E-state index is 0. The molecule has 0 aliphatic heterocycles. The maximum atomic E-state index is 5.64. The fourth-order valence-corrected chi connectivity index (χ4v) is 2.09. The summed E-state index contributed by atoms with van der Waals surface area (Å²) in [6.45, 7) is 2.86. The van der Waals surface area contributed by atoms with Crippen molar-refractivity contribution in [2.75, 3.05) is 19.7 Å². The van der Waals surface area contributed by atoms with E-state index in [9.17, 15) is 0 Å². The highest BCUT2D eigenvalue weighted by Crippen LogP contribution is 2.08. The van der Waals surface area contributed by atoms with Gasteiger partial charge in [-0.1, -0.05) is 48.5 Å². The SMILES string of the molecule is Cl.c1ccc(CCCNCCCOc2ccccc2)cc1. The number of halogens is 1. The molecule has 21 heavy (non-hydrogen) atoms. The number of para-hydroxylation sites is 1. The van der Waals surface area contributed by atoms with E-state index in [1.54, 1.807) is 0 Å². The molecule has 0 amide bonds. The normalized spacial score (nSPS) is 9.90. The van der Waals surface area contributed by atoms with Crippen molar-refractivity contribution in [2.45, 2.75) is 19.3 Å². The number of rotatable bonds is 9. The van der Waals surface area contributed by atoms with Gasteiger partial charge in [0.05, 0.1) is 6.61 Å². The van der Waals surface area contributed by atoms with E-state index in [1.165, 1.54) is 12.0 Å². The van der Waals surface area contributed by atoms with Crippen LogP contribution >= 0.6 is 12.4 Å². The monoisotopic (exact) mass is 305 g/mol. The third-order valence-electron chi connectivity index (χ3n) is 3.17. The van der Waals surface area contributed by atoms with Crippen LogP contribution in [0.4, 0.5) is 0 Å². The number of nitrogens with one attached hydrogen (secondary N) is 1. The first-order valence-electron chi connectivity index (χ1n) is 7.37. The molecule has 114 valence electrons. The Morgan fingerprint density at radius 3 is 2.10 bits per heavy atom. The van der Waals surface area contributed by atoms with Crippen LogP contribution in [0.5, 0.6) is 5.75 Å². The molecule has 0 atom stereocenters. The van der Waals surface area contributed by atoms with E-state index in [1.807, 2.05) is 30.3 Å². The fourth-order valence-electron chi connectivity index (χ4n) is 2.09. The second-order valence-corrected chi connectivity index (χ2v) is 4.85. The number of hydrogen-bond acceptors (Lipinski definition) is 2. The van der Waals surface area contributed by atoms with Crippen molar-refractivity contribution in [3.05, 3.63) is 66.2 Å². The van der Waals surface area contributed by atoms with Crippen molar-refractivity contribution < 1.29 is 4.74 Å². The van der Waals surface area contributed by atoms with Crippen LogP contribution in [-0.2, 0) is 6.42 Å². The van der Waals surface area contributed by atoms with Gasteiger partial charge in [-0.2, -0.15) is 0 Å². The first-order valence-corrected chi connectivity index (χ1v) is 7.37. The third-order valence-corrected chi connectivity index (χ3v) is 3.17. The van der Waals surface area contributed by atoms with Crippen LogP contribution < -0.4 is 10.1 Å². The molecule has 0 radical (unpaired) electrons. The summed E-state index contributed by atoms with van der Waals surface area (Å²) in [5, 5.41) is 3.46. The molecule has 2 aromatic carbocycles. The Labute approximate surface area is 133 Å². The molecule has 0 unspecified atom stereocenters. The Bertz CT molecular complexity index is 416. The highest BCUT2D eigenvalue weighted by molar-refractivity contribution is 5.85. The second-order valence-electron chi connectivity index (χ2n) is 4.85. The number of ether oxygens (including phenoxy) is 1. The van der Waals surface area contributed by atoms with Gasteiger partial charge in [-0.25, -0.2) is 0 Å². The van der Waals surface area contributed by atoms with E-state index in [-0.39, 0.29) is 12.4 Å². The van der Waals surface area contributed by atoms with Gasteiger partial charge in [0.2, 0.25) is 0 Å². The highest BCUT2D eigenvalue weighted by Gasteiger charge is 1.94. The van der Waals surface area contributed by atoms with E-state index < -0.39 is 0 Å². The molecule has 0 bridgehead atoms. The van der Waals surface area contributed by atoms with Gasteiger partial charge in [-0.15, -0.1) is 12.4 Å². The topological polar surface area (TPSA) is 21.3 Å². The number of hydrogen-bond donors (Lipinski definition) is 1. The zero-order chi connectivity index (χ0) is 13.9. The fraction of sp³-hybridized carbons (Fsp3) is 0.333.